The second-order valence-electron chi connectivity index (χ2n) is 4.36. The highest BCUT2D eigenvalue weighted by atomic mass is 32.1. The molecule has 1 aromatic heterocycles. The van der Waals surface area contributed by atoms with Crippen LogP contribution in [0.5, 0.6) is 0 Å². The number of anilines is 1. The molecule has 3 N–H and O–H groups in total. The molecule has 0 atom stereocenters. The van der Waals surface area contributed by atoms with E-state index >= 15 is 0 Å². The molecule has 8 heteroatoms. The summed E-state index contributed by atoms with van der Waals surface area (Å²) in [4.78, 5) is 3.98. The van der Waals surface area contributed by atoms with Gasteiger partial charge in [-0.15, -0.1) is 11.3 Å². The van der Waals surface area contributed by atoms with Gasteiger partial charge in [-0.25, -0.2) is 4.98 Å². The Morgan fingerprint density at radius 3 is 2.67 bits per heavy atom. The van der Waals surface area contributed by atoms with Crippen molar-refractivity contribution in [3.05, 3.63) is 45.4 Å². The average Bonchev–Trinajstić information content (AvgIpc) is 2.80. The molecule has 0 aliphatic carbocycles. The Morgan fingerprint density at radius 1 is 1.43 bits per heavy atom. The van der Waals surface area contributed by atoms with Gasteiger partial charge in [-0.1, -0.05) is 12.2 Å². The molecule has 0 radical (unpaired) electrons. The zero-order valence-electron chi connectivity index (χ0n) is 11.0. The van der Waals surface area contributed by atoms with Gasteiger partial charge in [0.1, 0.15) is 10.00 Å². The average molecular weight is 331 g/mol. The van der Waals surface area contributed by atoms with E-state index in [4.69, 9.17) is 18.0 Å². The Labute approximate surface area is 129 Å². The van der Waals surface area contributed by atoms with Crippen molar-refractivity contribution in [2.45, 2.75) is 19.6 Å². The summed E-state index contributed by atoms with van der Waals surface area (Å²) >= 11 is 6.18. The van der Waals surface area contributed by atoms with E-state index in [9.17, 15) is 13.2 Å². The molecule has 0 fully saturated rings. The quantitative estimate of drug-likeness (QED) is 0.839. The van der Waals surface area contributed by atoms with E-state index in [2.05, 4.69) is 10.3 Å². The number of rotatable bonds is 4. The minimum Gasteiger partial charge on any atom is -0.389 e. The highest BCUT2D eigenvalue weighted by molar-refractivity contribution is 7.80. The molecule has 3 nitrogen and oxygen atoms in total. The molecule has 0 saturated heterocycles. The smallest absolute Gasteiger partial charge is 0.389 e. The lowest BCUT2D eigenvalue weighted by molar-refractivity contribution is -0.137. The lowest BCUT2D eigenvalue weighted by Gasteiger charge is -2.14. The molecular weight excluding hydrogens is 319 g/mol. The SMILES string of the molecule is Cc1csc(CNc2ccc(C(F)(F)F)c(C(N)=S)c2)n1. The Kier molecular flexibility index (Phi) is 4.48. The van der Waals surface area contributed by atoms with Gasteiger partial charge < -0.3 is 11.1 Å². The lowest BCUT2D eigenvalue weighted by Crippen LogP contribution is -2.18. The predicted octanol–water partition coefficient (Wildman–Crippen LogP) is 3.72. The molecule has 1 heterocycles. The van der Waals surface area contributed by atoms with Gasteiger partial charge in [0, 0.05) is 22.3 Å². The summed E-state index contributed by atoms with van der Waals surface area (Å²) in [6.45, 7) is 2.31. The van der Waals surface area contributed by atoms with E-state index < -0.39 is 11.7 Å². The number of hydrogen-bond donors (Lipinski definition) is 2. The number of thiazole rings is 1. The van der Waals surface area contributed by atoms with Crippen LogP contribution >= 0.6 is 23.6 Å². The van der Waals surface area contributed by atoms with Crippen LogP contribution in [0, 0.1) is 6.92 Å². The zero-order valence-corrected chi connectivity index (χ0v) is 12.6. The first-order valence-corrected chi connectivity index (χ1v) is 7.22. The van der Waals surface area contributed by atoms with Crippen LogP contribution < -0.4 is 11.1 Å². The maximum absolute atomic E-state index is 12.9. The molecule has 0 unspecified atom stereocenters. The van der Waals surface area contributed by atoms with Crippen molar-refractivity contribution in [1.29, 1.82) is 0 Å². The Bertz CT molecular complexity index is 665. The molecule has 0 bridgehead atoms. The normalized spacial score (nSPS) is 11.4. The third-order valence-electron chi connectivity index (χ3n) is 2.70. The molecule has 1 aromatic carbocycles. The maximum atomic E-state index is 12.9. The summed E-state index contributed by atoms with van der Waals surface area (Å²) in [5.74, 6) is 0. The molecular formula is C13H12F3N3S2. The fourth-order valence-electron chi connectivity index (χ4n) is 1.77. The molecule has 0 saturated carbocycles. The van der Waals surface area contributed by atoms with Crippen LogP contribution in [0.3, 0.4) is 0 Å². The summed E-state index contributed by atoms with van der Waals surface area (Å²) in [5.41, 5.74) is 5.80. The van der Waals surface area contributed by atoms with Crippen LogP contribution in [-0.4, -0.2) is 9.97 Å². The van der Waals surface area contributed by atoms with E-state index in [0.717, 1.165) is 16.8 Å². The number of aromatic nitrogens is 1. The second kappa shape index (κ2) is 5.98. The van der Waals surface area contributed by atoms with Crippen molar-refractivity contribution in [3.8, 4) is 0 Å². The second-order valence-corrected chi connectivity index (χ2v) is 5.74. The minimum absolute atomic E-state index is 0.183. The highest BCUT2D eigenvalue weighted by Gasteiger charge is 2.34. The maximum Gasteiger partial charge on any atom is 0.417 e. The van der Waals surface area contributed by atoms with E-state index in [1.165, 1.54) is 23.5 Å². The number of thiocarbonyl (C=S) groups is 1. The zero-order chi connectivity index (χ0) is 15.6. The monoisotopic (exact) mass is 331 g/mol. The molecule has 0 spiro atoms. The standard InChI is InChI=1S/C13H12F3N3S2/c1-7-6-21-11(19-7)5-18-8-2-3-10(13(14,15)16)9(4-8)12(17)20/h2-4,6,18H,5H2,1H3,(H2,17,20). The number of benzene rings is 1. The van der Waals surface area contributed by atoms with Gasteiger partial charge in [-0.05, 0) is 25.1 Å². The van der Waals surface area contributed by atoms with Gasteiger partial charge in [0.2, 0.25) is 0 Å². The van der Waals surface area contributed by atoms with E-state index in [0.29, 0.717) is 12.2 Å². The molecule has 112 valence electrons. The fraction of sp³-hybridized carbons (Fsp3) is 0.231. The van der Waals surface area contributed by atoms with E-state index in [1.807, 2.05) is 12.3 Å². The van der Waals surface area contributed by atoms with Crippen molar-refractivity contribution in [2.24, 2.45) is 5.73 Å². The van der Waals surface area contributed by atoms with Crippen LogP contribution in [0.4, 0.5) is 18.9 Å². The number of nitrogens with zero attached hydrogens (tertiary/aromatic N) is 1. The van der Waals surface area contributed by atoms with E-state index in [-0.39, 0.29) is 10.6 Å². The Balaban J connectivity index is 2.22. The van der Waals surface area contributed by atoms with Crippen molar-refractivity contribution in [2.75, 3.05) is 5.32 Å². The number of aryl methyl sites for hydroxylation is 1. The molecule has 0 aliphatic rings. The molecule has 2 rings (SSSR count). The molecule has 0 aliphatic heterocycles. The van der Waals surface area contributed by atoms with Crippen LogP contribution in [-0.2, 0) is 12.7 Å². The third kappa shape index (κ3) is 3.92. The van der Waals surface area contributed by atoms with Gasteiger partial charge in [0.15, 0.2) is 0 Å². The first kappa shape index (κ1) is 15.7. The first-order valence-electron chi connectivity index (χ1n) is 5.93. The van der Waals surface area contributed by atoms with E-state index in [1.54, 1.807) is 0 Å². The molecule has 21 heavy (non-hydrogen) atoms. The summed E-state index contributed by atoms with van der Waals surface area (Å²) in [7, 11) is 0. The number of hydrogen-bond acceptors (Lipinski definition) is 4. The van der Waals surface area contributed by atoms with Crippen LogP contribution in [0.1, 0.15) is 21.8 Å². The van der Waals surface area contributed by atoms with Crippen molar-refractivity contribution in [3.63, 3.8) is 0 Å². The van der Waals surface area contributed by atoms with Crippen molar-refractivity contribution in [1.82, 2.24) is 4.98 Å². The lowest BCUT2D eigenvalue weighted by atomic mass is 10.1. The number of alkyl halides is 3. The largest absolute Gasteiger partial charge is 0.417 e. The summed E-state index contributed by atoms with van der Waals surface area (Å²) < 4.78 is 38.6. The van der Waals surface area contributed by atoms with Crippen LogP contribution in [0.2, 0.25) is 0 Å². The molecule has 0 amide bonds. The number of nitrogens with one attached hydrogen (secondary N) is 1. The number of halogens is 3. The van der Waals surface area contributed by atoms with Gasteiger partial charge in [-0.3, -0.25) is 0 Å². The summed E-state index contributed by atoms with van der Waals surface area (Å²) in [6, 6.07) is 3.64. The summed E-state index contributed by atoms with van der Waals surface area (Å²) in [5, 5.41) is 5.77. The van der Waals surface area contributed by atoms with Gasteiger partial charge >= 0.3 is 6.18 Å². The highest BCUT2D eigenvalue weighted by Crippen LogP contribution is 2.33. The summed E-state index contributed by atoms with van der Waals surface area (Å²) in [6.07, 6.45) is -4.48. The topological polar surface area (TPSA) is 50.9 Å². The minimum atomic E-state index is -4.48. The van der Waals surface area contributed by atoms with Crippen LogP contribution in [0.15, 0.2) is 23.6 Å². The van der Waals surface area contributed by atoms with Gasteiger partial charge in [0.05, 0.1) is 12.1 Å². The predicted molar refractivity (Wildman–Crippen MR) is 81.5 cm³/mol. The Morgan fingerprint density at radius 2 is 2.14 bits per heavy atom. The van der Waals surface area contributed by atoms with Crippen LogP contribution in [0.25, 0.3) is 0 Å². The molecule has 2 aromatic rings. The first-order chi connectivity index (χ1) is 9.77. The van der Waals surface area contributed by atoms with Gasteiger partial charge in [-0.2, -0.15) is 13.2 Å². The fourth-order valence-corrected chi connectivity index (χ4v) is 2.65. The third-order valence-corrected chi connectivity index (χ3v) is 3.89. The van der Waals surface area contributed by atoms with Crippen molar-refractivity contribution >= 4 is 34.2 Å². The Hall–Kier alpha value is -1.67. The van der Waals surface area contributed by atoms with Crippen molar-refractivity contribution < 1.29 is 13.2 Å². The van der Waals surface area contributed by atoms with Gasteiger partial charge in [0.25, 0.3) is 0 Å². The number of nitrogens with two attached hydrogens (primary N) is 1.